The lowest BCUT2D eigenvalue weighted by atomic mass is 9.84. The Morgan fingerprint density at radius 1 is 1.55 bits per heavy atom. The summed E-state index contributed by atoms with van der Waals surface area (Å²) in [6.07, 6.45) is 4.68. The number of aromatic amines is 1. The summed E-state index contributed by atoms with van der Waals surface area (Å²) in [5, 5.41) is 7.11. The van der Waals surface area contributed by atoms with Crippen molar-refractivity contribution in [2.75, 3.05) is 40.0 Å². The zero-order valence-electron chi connectivity index (χ0n) is 13.4. The largest absolute Gasteiger partial charge is 0.383 e. The normalized spacial score (nSPS) is 26.5. The molecule has 1 atom stereocenters. The first-order valence-corrected chi connectivity index (χ1v) is 8.02. The number of likely N-dealkylation sites (tertiary alicyclic amines) is 1. The molecule has 6 nitrogen and oxygen atoms in total. The van der Waals surface area contributed by atoms with E-state index >= 15 is 0 Å². The van der Waals surface area contributed by atoms with Crippen molar-refractivity contribution >= 4 is 5.91 Å². The van der Waals surface area contributed by atoms with Gasteiger partial charge in [-0.05, 0) is 37.7 Å². The summed E-state index contributed by atoms with van der Waals surface area (Å²) in [5.74, 6) is 0.704. The van der Waals surface area contributed by atoms with Gasteiger partial charge in [-0.2, -0.15) is 5.10 Å². The minimum atomic E-state index is -0.465. The third kappa shape index (κ3) is 2.77. The summed E-state index contributed by atoms with van der Waals surface area (Å²) >= 11 is 0. The van der Waals surface area contributed by atoms with Crippen molar-refractivity contribution in [1.29, 1.82) is 0 Å². The van der Waals surface area contributed by atoms with Crippen LogP contribution in [-0.2, 0) is 14.3 Å². The van der Waals surface area contributed by atoms with Crippen molar-refractivity contribution in [3.63, 3.8) is 0 Å². The summed E-state index contributed by atoms with van der Waals surface area (Å²) < 4.78 is 10.8. The van der Waals surface area contributed by atoms with Gasteiger partial charge >= 0.3 is 0 Å². The first kappa shape index (κ1) is 15.5. The van der Waals surface area contributed by atoms with Crippen LogP contribution in [0.3, 0.4) is 0 Å². The second-order valence-electron chi connectivity index (χ2n) is 6.53. The fourth-order valence-electron chi connectivity index (χ4n) is 3.73. The first-order valence-electron chi connectivity index (χ1n) is 8.02. The fraction of sp³-hybridized carbons (Fsp3) is 0.750. The highest BCUT2D eigenvalue weighted by atomic mass is 16.5. The predicted molar refractivity (Wildman–Crippen MR) is 81.6 cm³/mol. The molecule has 1 unspecified atom stereocenters. The molecule has 0 aliphatic carbocycles. The summed E-state index contributed by atoms with van der Waals surface area (Å²) in [6.45, 7) is 5.26. The summed E-state index contributed by atoms with van der Waals surface area (Å²) in [6, 6.07) is 0. The van der Waals surface area contributed by atoms with Crippen molar-refractivity contribution < 1.29 is 14.3 Å². The van der Waals surface area contributed by atoms with E-state index in [9.17, 15) is 4.79 Å². The Bertz CT molecular complexity index is 514. The Labute approximate surface area is 131 Å². The van der Waals surface area contributed by atoms with Crippen LogP contribution in [0.25, 0.3) is 0 Å². The molecule has 0 radical (unpaired) electrons. The van der Waals surface area contributed by atoms with Gasteiger partial charge in [0.2, 0.25) is 5.91 Å². The van der Waals surface area contributed by atoms with Crippen LogP contribution in [0.5, 0.6) is 0 Å². The second-order valence-corrected chi connectivity index (χ2v) is 6.53. The SMILES string of the molecule is COCC1(C(=O)N2CCC(c3cn[nH]c3C)CC2)CCOC1. The number of piperidine rings is 1. The lowest BCUT2D eigenvalue weighted by Gasteiger charge is -2.37. The molecule has 2 aliphatic heterocycles. The number of carbonyl (C=O) groups is 1. The van der Waals surface area contributed by atoms with E-state index in [2.05, 4.69) is 17.1 Å². The van der Waals surface area contributed by atoms with Crippen molar-refractivity contribution in [2.45, 2.75) is 32.1 Å². The monoisotopic (exact) mass is 307 g/mol. The first-order chi connectivity index (χ1) is 10.7. The minimum absolute atomic E-state index is 0.203. The Morgan fingerprint density at radius 2 is 2.32 bits per heavy atom. The van der Waals surface area contributed by atoms with E-state index in [4.69, 9.17) is 9.47 Å². The van der Waals surface area contributed by atoms with E-state index in [0.29, 0.717) is 25.7 Å². The highest BCUT2D eigenvalue weighted by molar-refractivity contribution is 5.83. The lowest BCUT2D eigenvalue weighted by molar-refractivity contribution is -0.146. The number of methoxy groups -OCH3 is 1. The van der Waals surface area contributed by atoms with Gasteiger partial charge < -0.3 is 14.4 Å². The lowest BCUT2D eigenvalue weighted by Crippen LogP contribution is -2.49. The van der Waals surface area contributed by atoms with Crippen LogP contribution in [0.4, 0.5) is 0 Å². The maximum absolute atomic E-state index is 12.9. The smallest absolute Gasteiger partial charge is 0.233 e. The van der Waals surface area contributed by atoms with Crippen molar-refractivity contribution in [3.05, 3.63) is 17.5 Å². The molecule has 0 bridgehead atoms. The third-order valence-electron chi connectivity index (χ3n) is 5.07. The standard InChI is InChI=1S/C16H25N3O3/c1-12-14(9-17-18-12)13-3-6-19(7-4-13)15(20)16(10-21-2)5-8-22-11-16/h9,13H,3-8,10-11H2,1-2H3,(H,17,18). The molecule has 1 aromatic heterocycles. The quantitative estimate of drug-likeness (QED) is 0.915. The van der Waals surface area contributed by atoms with Gasteiger partial charge in [-0.1, -0.05) is 0 Å². The number of amides is 1. The zero-order chi connectivity index (χ0) is 15.6. The number of aryl methyl sites for hydroxylation is 1. The average Bonchev–Trinajstić information content (AvgIpc) is 3.17. The fourth-order valence-corrected chi connectivity index (χ4v) is 3.73. The topological polar surface area (TPSA) is 67.5 Å². The van der Waals surface area contributed by atoms with Crippen molar-refractivity contribution in [3.8, 4) is 0 Å². The molecule has 3 rings (SSSR count). The zero-order valence-corrected chi connectivity index (χ0v) is 13.4. The van der Waals surface area contributed by atoms with Crippen LogP contribution >= 0.6 is 0 Å². The minimum Gasteiger partial charge on any atom is -0.383 e. The van der Waals surface area contributed by atoms with Crippen LogP contribution < -0.4 is 0 Å². The molecule has 2 saturated heterocycles. The Balaban J connectivity index is 1.63. The third-order valence-corrected chi connectivity index (χ3v) is 5.07. The van der Waals surface area contributed by atoms with Gasteiger partial charge in [0, 0.05) is 32.5 Å². The van der Waals surface area contributed by atoms with E-state index in [1.165, 1.54) is 5.56 Å². The molecular weight excluding hydrogens is 282 g/mol. The molecular formula is C16H25N3O3. The molecule has 22 heavy (non-hydrogen) atoms. The Kier molecular flexibility index (Phi) is 4.49. The van der Waals surface area contributed by atoms with Gasteiger partial charge in [-0.25, -0.2) is 0 Å². The van der Waals surface area contributed by atoms with Gasteiger partial charge in [0.05, 0.1) is 24.8 Å². The maximum atomic E-state index is 12.9. The molecule has 2 fully saturated rings. The predicted octanol–water partition coefficient (Wildman–Crippen LogP) is 1.48. The molecule has 1 amide bonds. The van der Waals surface area contributed by atoms with E-state index < -0.39 is 5.41 Å². The Hall–Kier alpha value is -1.40. The van der Waals surface area contributed by atoms with Gasteiger partial charge in [0.1, 0.15) is 0 Å². The van der Waals surface area contributed by atoms with Gasteiger partial charge in [-0.3, -0.25) is 9.89 Å². The molecule has 0 spiro atoms. The number of carbonyl (C=O) groups excluding carboxylic acids is 1. The van der Waals surface area contributed by atoms with Crippen LogP contribution in [0.1, 0.15) is 36.4 Å². The average molecular weight is 307 g/mol. The van der Waals surface area contributed by atoms with Gasteiger partial charge in [-0.15, -0.1) is 0 Å². The molecule has 6 heteroatoms. The van der Waals surface area contributed by atoms with Gasteiger partial charge in [0.15, 0.2) is 0 Å². The van der Waals surface area contributed by atoms with Crippen molar-refractivity contribution in [1.82, 2.24) is 15.1 Å². The molecule has 3 heterocycles. The molecule has 1 aromatic rings. The summed E-state index contributed by atoms with van der Waals surface area (Å²) in [5.41, 5.74) is 1.97. The van der Waals surface area contributed by atoms with Crippen LogP contribution in [0.2, 0.25) is 0 Å². The second kappa shape index (κ2) is 6.38. The summed E-state index contributed by atoms with van der Waals surface area (Å²) in [7, 11) is 1.65. The molecule has 0 aromatic carbocycles. The highest BCUT2D eigenvalue weighted by Gasteiger charge is 2.45. The number of hydrogen-bond donors (Lipinski definition) is 1. The number of rotatable bonds is 4. The number of nitrogens with one attached hydrogen (secondary N) is 1. The number of ether oxygens (including phenoxy) is 2. The van der Waals surface area contributed by atoms with Crippen LogP contribution in [0, 0.1) is 12.3 Å². The van der Waals surface area contributed by atoms with Gasteiger partial charge in [0.25, 0.3) is 0 Å². The number of nitrogens with zero attached hydrogens (tertiary/aromatic N) is 2. The number of hydrogen-bond acceptors (Lipinski definition) is 4. The maximum Gasteiger partial charge on any atom is 0.233 e. The van der Waals surface area contributed by atoms with Crippen LogP contribution in [0.15, 0.2) is 6.20 Å². The molecule has 1 N–H and O–H groups in total. The Morgan fingerprint density at radius 3 is 2.86 bits per heavy atom. The molecule has 122 valence electrons. The van der Waals surface area contributed by atoms with E-state index in [1.807, 2.05) is 11.1 Å². The summed E-state index contributed by atoms with van der Waals surface area (Å²) in [4.78, 5) is 14.9. The molecule has 2 aliphatic rings. The highest BCUT2D eigenvalue weighted by Crippen LogP contribution is 2.35. The number of aromatic nitrogens is 2. The van der Waals surface area contributed by atoms with Crippen LogP contribution in [-0.4, -0.2) is 61.0 Å². The number of H-pyrrole nitrogens is 1. The van der Waals surface area contributed by atoms with E-state index in [0.717, 1.165) is 38.0 Å². The van der Waals surface area contributed by atoms with Crippen molar-refractivity contribution in [2.24, 2.45) is 5.41 Å². The van der Waals surface area contributed by atoms with E-state index in [1.54, 1.807) is 7.11 Å². The van der Waals surface area contributed by atoms with E-state index in [-0.39, 0.29) is 5.91 Å². The molecule has 0 saturated carbocycles.